The lowest BCUT2D eigenvalue weighted by atomic mass is 10.1. The Balaban J connectivity index is 2.07. The number of halogens is 1. The lowest BCUT2D eigenvalue weighted by Gasteiger charge is -2.10. The maximum atomic E-state index is 13.5. The van der Waals surface area contributed by atoms with E-state index < -0.39 is 0 Å². The Bertz CT molecular complexity index is 686. The van der Waals surface area contributed by atoms with E-state index in [1.165, 1.54) is 13.2 Å². The summed E-state index contributed by atoms with van der Waals surface area (Å²) in [6.07, 6.45) is 0.163. The van der Waals surface area contributed by atoms with Crippen molar-refractivity contribution in [2.75, 3.05) is 19.5 Å². The maximum absolute atomic E-state index is 13.5. The van der Waals surface area contributed by atoms with Crippen molar-refractivity contribution in [3.05, 3.63) is 53.3 Å². The molecule has 0 atom stereocenters. The molecule has 2 aromatic rings. The third-order valence-corrected chi connectivity index (χ3v) is 3.27. The molecule has 0 aromatic heterocycles. The molecule has 0 spiro atoms. The normalized spacial score (nSPS) is 10.2. The summed E-state index contributed by atoms with van der Waals surface area (Å²) in [6, 6.07) is 9.88. The molecule has 0 aliphatic rings. The second kappa shape index (κ2) is 6.93. The van der Waals surface area contributed by atoms with Crippen LogP contribution >= 0.6 is 0 Å². The predicted octanol–water partition coefficient (Wildman–Crippen LogP) is 3.33. The van der Waals surface area contributed by atoms with Crippen LogP contribution in [-0.2, 0) is 11.2 Å². The summed E-state index contributed by atoms with van der Waals surface area (Å²) in [4.78, 5) is 12.0. The van der Waals surface area contributed by atoms with Crippen LogP contribution in [0.4, 0.5) is 10.1 Å². The molecule has 0 saturated heterocycles. The third kappa shape index (κ3) is 3.75. The van der Waals surface area contributed by atoms with E-state index in [0.29, 0.717) is 22.7 Å². The van der Waals surface area contributed by atoms with Crippen LogP contribution in [0.3, 0.4) is 0 Å². The van der Waals surface area contributed by atoms with Crippen LogP contribution in [0, 0.1) is 12.7 Å². The van der Waals surface area contributed by atoms with Gasteiger partial charge in [-0.25, -0.2) is 4.39 Å². The van der Waals surface area contributed by atoms with Crippen molar-refractivity contribution in [1.82, 2.24) is 0 Å². The molecule has 0 aliphatic heterocycles. The van der Waals surface area contributed by atoms with Crippen molar-refractivity contribution in [3.8, 4) is 11.5 Å². The van der Waals surface area contributed by atoms with Crippen LogP contribution in [0.1, 0.15) is 11.1 Å². The Hall–Kier alpha value is -2.56. The second-order valence-corrected chi connectivity index (χ2v) is 4.88. The molecule has 0 heterocycles. The SMILES string of the molecule is COc1ccc(CC(=O)Nc2ccc(C)c(F)c2)cc1OC. The Morgan fingerprint density at radius 3 is 2.45 bits per heavy atom. The minimum atomic E-state index is -0.344. The van der Waals surface area contributed by atoms with Crippen molar-refractivity contribution in [1.29, 1.82) is 0 Å². The Morgan fingerprint density at radius 2 is 1.82 bits per heavy atom. The van der Waals surface area contributed by atoms with Gasteiger partial charge in [0.25, 0.3) is 0 Å². The number of carbonyl (C=O) groups excluding carboxylic acids is 1. The number of hydrogen-bond donors (Lipinski definition) is 1. The largest absolute Gasteiger partial charge is 0.493 e. The smallest absolute Gasteiger partial charge is 0.228 e. The number of rotatable bonds is 5. The summed E-state index contributed by atoms with van der Waals surface area (Å²) in [7, 11) is 3.09. The number of amides is 1. The fraction of sp³-hybridized carbons (Fsp3) is 0.235. The Morgan fingerprint density at radius 1 is 1.09 bits per heavy atom. The van der Waals surface area contributed by atoms with Gasteiger partial charge in [0.15, 0.2) is 11.5 Å². The van der Waals surface area contributed by atoms with E-state index in [1.807, 2.05) is 0 Å². The fourth-order valence-electron chi connectivity index (χ4n) is 2.05. The summed E-state index contributed by atoms with van der Waals surface area (Å²) < 4.78 is 23.8. The first-order valence-corrected chi connectivity index (χ1v) is 6.80. The predicted molar refractivity (Wildman–Crippen MR) is 83.0 cm³/mol. The van der Waals surface area contributed by atoms with Gasteiger partial charge in [-0.1, -0.05) is 12.1 Å². The zero-order valence-electron chi connectivity index (χ0n) is 12.8. The second-order valence-electron chi connectivity index (χ2n) is 4.88. The summed E-state index contributed by atoms with van der Waals surface area (Å²) in [5.74, 6) is 0.598. The number of aryl methyl sites for hydroxylation is 1. The molecule has 0 bridgehead atoms. The molecule has 0 unspecified atom stereocenters. The first-order chi connectivity index (χ1) is 10.5. The van der Waals surface area contributed by atoms with Gasteiger partial charge in [-0.2, -0.15) is 0 Å². The van der Waals surface area contributed by atoms with Gasteiger partial charge in [0.05, 0.1) is 20.6 Å². The van der Waals surface area contributed by atoms with E-state index >= 15 is 0 Å². The zero-order chi connectivity index (χ0) is 16.1. The topological polar surface area (TPSA) is 47.6 Å². The molecule has 0 aliphatic carbocycles. The molecule has 2 rings (SSSR count). The molecule has 0 radical (unpaired) electrons. The highest BCUT2D eigenvalue weighted by Crippen LogP contribution is 2.27. The van der Waals surface area contributed by atoms with Crippen molar-refractivity contribution < 1.29 is 18.7 Å². The van der Waals surface area contributed by atoms with Crippen LogP contribution in [0.25, 0.3) is 0 Å². The first kappa shape index (κ1) is 15.8. The summed E-state index contributed by atoms with van der Waals surface area (Å²) in [5.41, 5.74) is 1.76. The molecule has 22 heavy (non-hydrogen) atoms. The van der Waals surface area contributed by atoms with Gasteiger partial charge in [-0.3, -0.25) is 4.79 Å². The number of anilines is 1. The number of benzene rings is 2. The van der Waals surface area contributed by atoms with Gasteiger partial charge in [-0.15, -0.1) is 0 Å². The van der Waals surface area contributed by atoms with E-state index in [4.69, 9.17) is 9.47 Å². The highest BCUT2D eigenvalue weighted by atomic mass is 19.1. The fourth-order valence-corrected chi connectivity index (χ4v) is 2.05. The molecule has 1 N–H and O–H groups in total. The van der Waals surface area contributed by atoms with Gasteiger partial charge < -0.3 is 14.8 Å². The van der Waals surface area contributed by atoms with E-state index in [1.54, 1.807) is 44.4 Å². The lowest BCUT2D eigenvalue weighted by molar-refractivity contribution is -0.115. The molecule has 2 aromatic carbocycles. The third-order valence-electron chi connectivity index (χ3n) is 3.27. The Kier molecular flexibility index (Phi) is 4.99. The minimum Gasteiger partial charge on any atom is -0.493 e. The molecule has 1 amide bonds. The molecule has 0 fully saturated rings. The summed E-state index contributed by atoms with van der Waals surface area (Å²) in [6.45, 7) is 1.67. The molecular formula is C17H18FNO3. The first-order valence-electron chi connectivity index (χ1n) is 6.80. The average molecular weight is 303 g/mol. The Labute approximate surface area is 128 Å². The number of carbonyl (C=O) groups is 1. The van der Waals surface area contributed by atoms with Crippen molar-refractivity contribution >= 4 is 11.6 Å². The molecule has 116 valence electrons. The van der Waals surface area contributed by atoms with Crippen molar-refractivity contribution in [2.24, 2.45) is 0 Å². The monoisotopic (exact) mass is 303 g/mol. The van der Waals surface area contributed by atoms with Crippen LogP contribution in [-0.4, -0.2) is 20.1 Å². The van der Waals surface area contributed by atoms with Crippen LogP contribution < -0.4 is 14.8 Å². The zero-order valence-corrected chi connectivity index (χ0v) is 12.8. The van der Waals surface area contributed by atoms with E-state index in [-0.39, 0.29) is 18.1 Å². The van der Waals surface area contributed by atoms with Gasteiger partial charge in [0.2, 0.25) is 5.91 Å². The van der Waals surface area contributed by atoms with Gasteiger partial charge in [0.1, 0.15) is 5.82 Å². The standard InChI is InChI=1S/C17H18FNO3/c1-11-4-6-13(10-14(11)18)19-17(20)9-12-5-7-15(21-2)16(8-12)22-3/h4-8,10H,9H2,1-3H3,(H,19,20). The molecular weight excluding hydrogens is 285 g/mol. The highest BCUT2D eigenvalue weighted by molar-refractivity contribution is 5.92. The van der Waals surface area contributed by atoms with Crippen LogP contribution in [0.15, 0.2) is 36.4 Å². The number of nitrogens with one attached hydrogen (secondary N) is 1. The molecule has 4 nitrogen and oxygen atoms in total. The van der Waals surface area contributed by atoms with Crippen molar-refractivity contribution in [2.45, 2.75) is 13.3 Å². The number of hydrogen-bond acceptors (Lipinski definition) is 3. The van der Waals surface area contributed by atoms with Gasteiger partial charge in [0, 0.05) is 5.69 Å². The van der Waals surface area contributed by atoms with Gasteiger partial charge >= 0.3 is 0 Å². The molecule has 0 saturated carbocycles. The highest BCUT2D eigenvalue weighted by Gasteiger charge is 2.09. The maximum Gasteiger partial charge on any atom is 0.228 e. The van der Waals surface area contributed by atoms with E-state index in [0.717, 1.165) is 5.56 Å². The van der Waals surface area contributed by atoms with Gasteiger partial charge in [-0.05, 0) is 42.3 Å². The molecule has 5 heteroatoms. The summed E-state index contributed by atoms with van der Waals surface area (Å²) in [5, 5.41) is 2.67. The van der Waals surface area contributed by atoms with E-state index in [2.05, 4.69) is 5.32 Å². The van der Waals surface area contributed by atoms with Crippen LogP contribution in [0.2, 0.25) is 0 Å². The average Bonchev–Trinajstić information content (AvgIpc) is 2.50. The minimum absolute atomic E-state index is 0.163. The number of methoxy groups -OCH3 is 2. The number of ether oxygens (including phenoxy) is 2. The lowest BCUT2D eigenvalue weighted by Crippen LogP contribution is -2.14. The summed E-state index contributed by atoms with van der Waals surface area (Å²) >= 11 is 0. The van der Waals surface area contributed by atoms with E-state index in [9.17, 15) is 9.18 Å². The van der Waals surface area contributed by atoms with Crippen LogP contribution in [0.5, 0.6) is 11.5 Å². The quantitative estimate of drug-likeness (QED) is 0.921. The van der Waals surface area contributed by atoms with Crippen molar-refractivity contribution in [3.63, 3.8) is 0 Å².